The molecule has 0 bridgehead atoms. The molecular formula is C16H18ClN5O2. The number of rotatable bonds is 4. The van der Waals surface area contributed by atoms with E-state index >= 15 is 0 Å². The van der Waals surface area contributed by atoms with E-state index in [0.717, 1.165) is 5.69 Å². The first-order valence-electron chi connectivity index (χ1n) is 7.34. The first-order valence-corrected chi connectivity index (χ1v) is 7.72. The molecule has 0 atom stereocenters. The van der Waals surface area contributed by atoms with E-state index in [1.807, 2.05) is 30.3 Å². The number of halogens is 1. The Labute approximate surface area is 144 Å². The van der Waals surface area contributed by atoms with Crippen LogP contribution in [0.2, 0.25) is 5.15 Å². The standard InChI is InChI=1S/C16H18ClN5O2/c1-10(2)19-15(23)16(24)20-18-9-13-11(3)21-22(14(13)17)12-7-5-4-6-8-12/h4-10H,1-3H3,(H,19,23)(H,20,24)/b18-9-. The summed E-state index contributed by atoms with van der Waals surface area (Å²) < 4.78 is 1.57. The van der Waals surface area contributed by atoms with E-state index in [1.165, 1.54) is 6.21 Å². The van der Waals surface area contributed by atoms with Crippen molar-refractivity contribution in [2.75, 3.05) is 0 Å². The van der Waals surface area contributed by atoms with Gasteiger partial charge in [-0.25, -0.2) is 10.1 Å². The van der Waals surface area contributed by atoms with Crippen LogP contribution in [-0.4, -0.2) is 33.9 Å². The highest BCUT2D eigenvalue weighted by Crippen LogP contribution is 2.21. The largest absolute Gasteiger partial charge is 0.346 e. The molecule has 126 valence electrons. The average molecular weight is 348 g/mol. The van der Waals surface area contributed by atoms with Crippen molar-refractivity contribution in [2.45, 2.75) is 26.8 Å². The number of para-hydroxylation sites is 1. The van der Waals surface area contributed by atoms with E-state index < -0.39 is 11.8 Å². The van der Waals surface area contributed by atoms with Crippen LogP contribution in [0.15, 0.2) is 35.4 Å². The molecule has 1 heterocycles. The zero-order valence-corrected chi connectivity index (χ0v) is 14.3. The first-order chi connectivity index (χ1) is 11.4. The fraction of sp³-hybridized carbons (Fsp3) is 0.250. The van der Waals surface area contributed by atoms with Crippen LogP contribution >= 0.6 is 11.6 Å². The Morgan fingerprint density at radius 3 is 2.54 bits per heavy atom. The maximum absolute atomic E-state index is 11.6. The third-order valence-corrected chi connectivity index (χ3v) is 3.40. The van der Waals surface area contributed by atoms with Crippen molar-refractivity contribution in [2.24, 2.45) is 5.10 Å². The van der Waals surface area contributed by atoms with Crippen molar-refractivity contribution in [3.63, 3.8) is 0 Å². The van der Waals surface area contributed by atoms with Crippen LogP contribution in [0.1, 0.15) is 25.1 Å². The number of amides is 2. The molecule has 0 aliphatic heterocycles. The smallest absolute Gasteiger partial charge is 0.329 e. The van der Waals surface area contributed by atoms with Crippen LogP contribution in [-0.2, 0) is 9.59 Å². The zero-order chi connectivity index (χ0) is 17.7. The van der Waals surface area contributed by atoms with Gasteiger partial charge in [0.2, 0.25) is 0 Å². The molecule has 0 unspecified atom stereocenters. The molecule has 2 N–H and O–H groups in total. The summed E-state index contributed by atoms with van der Waals surface area (Å²) in [6, 6.07) is 9.27. The minimum Gasteiger partial charge on any atom is -0.346 e. The average Bonchev–Trinajstić information content (AvgIpc) is 2.83. The Morgan fingerprint density at radius 1 is 1.25 bits per heavy atom. The van der Waals surface area contributed by atoms with Crippen molar-refractivity contribution in [3.8, 4) is 5.69 Å². The predicted molar refractivity (Wildman–Crippen MR) is 92.3 cm³/mol. The Bertz CT molecular complexity index is 768. The molecule has 8 heteroatoms. The van der Waals surface area contributed by atoms with Crippen LogP contribution in [0.25, 0.3) is 5.69 Å². The Hall–Kier alpha value is -2.67. The third kappa shape index (κ3) is 4.20. The van der Waals surface area contributed by atoms with Crippen LogP contribution in [0, 0.1) is 6.92 Å². The van der Waals surface area contributed by atoms with Crippen molar-refractivity contribution in [1.82, 2.24) is 20.5 Å². The summed E-state index contributed by atoms with van der Waals surface area (Å²) >= 11 is 6.33. The van der Waals surface area contributed by atoms with E-state index in [-0.39, 0.29) is 6.04 Å². The van der Waals surface area contributed by atoms with Crippen molar-refractivity contribution >= 4 is 29.6 Å². The number of hydrogen-bond donors (Lipinski definition) is 2. The summed E-state index contributed by atoms with van der Waals surface area (Å²) in [7, 11) is 0. The van der Waals surface area contributed by atoms with Gasteiger partial charge in [-0.05, 0) is 32.9 Å². The summed E-state index contributed by atoms with van der Waals surface area (Å²) in [4.78, 5) is 23.1. The SMILES string of the molecule is Cc1nn(-c2ccccc2)c(Cl)c1/C=N\NC(=O)C(=O)NC(C)C. The van der Waals surface area contributed by atoms with Gasteiger partial charge in [-0.3, -0.25) is 9.59 Å². The number of aromatic nitrogens is 2. The van der Waals surface area contributed by atoms with Gasteiger partial charge in [0.25, 0.3) is 0 Å². The number of hydrogen-bond acceptors (Lipinski definition) is 4. The summed E-state index contributed by atoms with van der Waals surface area (Å²) in [5, 5.41) is 11.0. The number of benzene rings is 1. The van der Waals surface area contributed by atoms with Gasteiger partial charge in [0.1, 0.15) is 5.15 Å². The van der Waals surface area contributed by atoms with Gasteiger partial charge in [-0.1, -0.05) is 29.8 Å². The number of hydrazone groups is 1. The van der Waals surface area contributed by atoms with Crippen molar-refractivity contribution in [3.05, 3.63) is 46.7 Å². The number of nitrogens with zero attached hydrogens (tertiary/aromatic N) is 3. The van der Waals surface area contributed by atoms with E-state index in [1.54, 1.807) is 25.5 Å². The fourth-order valence-electron chi connectivity index (χ4n) is 1.93. The molecule has 2 aromatic rings. The molecule has 7 nitrogen and oxygen atoms in total. The van der Waals surface area contributed by atoms with Gasteiger partial charge in [0, 0.05) is 6.04 Å². The maximum Gasteiger partial charge on any atom is 0.329 e. The Kier molecular flexibility index (Phi) is 5.70. The summed E-state index contributed by atoms with van der Waals surface area (Å²) in [6.07, 6.45) is 1.37. The minimum absolute atomic E-state index is 0.131. The van der Waals surface area contributed by atoms with E-state index in [0.29, 0.717) is 16.4 Å². The molecule has 0 fully saturated rings. The Morgan fingerprint density at radius 2 is 1.92 bits per heavy atom. The topological polar surface area (TPSA) is 88.4 Å². The number of aryl methyl sites for hydroxylation is 1. The molecule has 0 aliphatic rings. The molecule has 1 aromatic carbocycles. The number of carbonyl (C=O) groups is 2. The molecule has 0 spiro atoms. The highest BCUT2D eigenvalue weighted by atomic mass is 35.5. The lowest BCUT2D eigenvalue weighted by Gasteiger charge is -2.05. The van der Waals surface area contributed by atoms with Gasteiger partial charge in [-0.2, -0.15) is 10.2 Å². The molecule has 0 saturated heterocycles. The van der Waals surface area contributed by atoms with Crippen molar-refractivity contribution in [1.29, 1.82) is 0 Å². The molecule has 24 heavy (non-hydrogen) atoms. The zero-order valence-electron chi connectivity index (χ0n) is 13.6. The molecule has 0 radical (unpaired) electrons. The number of nitrogens with one attached hydrogen (secondary N) is 2. The molecule has 2 rings (SSSR count). The molecular weight excluding hydrogens is 330 g/mol. The second-order valence-electron chi connectivity index (χ2n) is 5.36. The summed E-state index contributed by atoms with van der Waals surface area (Å²) in [6.45, 7) is 5.30. The second-order valence-corrected chi connectivity index (χ2v) is 5.72. The van der Waals surface area contributed by atoms with Gasteiger partial charge in [0.15, 0.2) is 0 Å². The lowest BCUT2D eigenvalue weighted by atomic mass is 10.3. The lowest BCUT2D eigenvalue weighted by Crippen LogP contribution is -2.41. The van der Waals surface area contributed by atoms with Gasteiger partial charge in [0.05, 0.1) is 23.2 Å². The van der Waals surface area contributed by atoms with Crippen LogP contribution in [0.3, 0.4) is 0 Å². The Balaban J connectivity index is 2.12. The fourth-order valence-corrected chi connectivity index (χ4v) is 2.25. The summed E-state index contributed by atoms with van der Waals surface area (Å²) in [5.74, 6) is -1.59. The first kappa shape index (κ1) is 17.7. The second kappa shape index (κ2) is 7.74. The van der Waals surface area contributed by atoms with E-state index in [2.05, 4.69) is 20.9 Å². The van der Waals surface area contributed by atoms with Gasteiger partial charge >= 0.3 is 11.8 Å². The van der Waals surface area contributed by atoms with Gasteiger partial charge < -0.3 is 5.32 Å². The highest BCUT2D eigenvalue weighted by Gasteiger charge is 2.15. The molecule has 1 aromatic heterocycles. The monoisotopic (exact) mass is 347 g/mol. The van der Waals surface area contributed by atoms with E-state index in [4.69, 9.17) is 11.6 Å². The van der Waals surface area contributed by atoms with Crippen LogP contribution < -0.4 is 10.7 Å². The van der Waals surface area contributed by atoms with Gasteiger partial charge in [-0.15, -0.1) is 0 Å². The third-order valence-electron chi connectivity index (χ3n) is 3.03. The minimum atomic E-state index is -0.843. The van der Waals surface area contributed by atoms with Crippen LogP contribution in [0.4, 0.5) is 0 Å². The lowest BCUT2D eigenvalue weighted by molar-refractivity contribution is -0.139. The van der Waals surface area contributed by atoms with Crippen molar-refractivity contribution < 1.29 is 9.59 Å². The normalized spacial score (nSPS) is 11.0. The quantitative estimate of drug-likeness (QED) is 0.502. The molecule has 0 aliphatic carbocycles. The predicted octanol–water partition coefficient (Wildman–Crippen LogP) is 1.81. The maximum atomic E-state index is 11.6. The van der Waals surface area contributed by atoms with Crippen LogP contribution in [0.5, 0.6) is 0 Å². The highest BCUT2D eigenvalue weighted by molar-refractivity contribution is 6.35. The number of carbonyl (C=O) groups excluding carboxylic acids is 2. The van der Waals surface area contributed by atoms with E-state index in [9.17, 15) is 9.59 Å². The molecule has 0 saturated carbocycles. The summed E-state index contributed by atoms with van der Waals surface area (Å²) in [5.41, 5.74) is 4.18. The molecule has 2 amide bonds.